The summed E-state index contributed by atoms with van der Waals surface area (Å²) in [4.78, 5) is 8.91. The molecule has 24 heavy (non-hydrogen) atoms. The maximum Gasteiger partial charge on any atom is 0.305 e. The minimum Gasteiger partial charge on any atom is -0.458 e. The van der Waals surface area contributed by atoms with Crippen molar-refractivity contribution in [3.63, 3.8) is 0 Å². The van der Waals surface area contributed by atoms with Gasteiger partial charge in [0, 0.05) is 13.2 Å². The molecule has 8 heteroatoms. The SMILES string of the molecule is Cc1cccnc1COc1nc2ccccc2n1-c1nnnn1C. The lowest BCUT2D eigenvalue weighted by molar-refractivity contribution is 0.271. The Balaban J connectivity index is 1.78. The van der Waals surface area contributed by atoms with Crippen molar-refractivity contribution in [2.75, 3.05) is 0 Å². The molecule has 0 atom stereocenters. The minimum atomic E-state index is 0.321. The van der Waals surface area contributed by atoms with E-state index in [1.165, 1.54) is 0 Å². The van der Waals surface area contributed by atoms with Gasteiger partial charge in [-0.15, -0.1) is 0 Å². The molecule has 4 rings (SSSR count). The molecule has 3 aromatic heterocycles. The van der Waals surface area contributed by atoms with Crippen molar-refractivity contribution in [1.82, 2.24) is 34.7 Å². The van der Waals surface area contributed by atoms with E-state index in [-0.39, 0.29) is 0 Å². The molecule has 0 N–H and O–H groups in total. The molecule has 0 bridgehead atoms. The van der Waals surface area contributed by atoms with Crippen molar-refractivity contribution < 1.29 is 4.74 Å². The van der Waals surface area contributed by atoms with E-state index in [0.717, 1.165) is 22.3 Å². The Kier molecular flexibility index (Phi) is 3.42. The van der Waals surface area contributed by atoms with E-state index >= 15 is 0 Å². The van der Waals surface area contributed by atoms with Crippen LogP contribution in [0.1, 0.15) is 11.3 Å². The maximum absolute atomic E-state index is 5.95. The number of benzene rings is 1. The third kappa shape index (κ3) is 2.37. The Bertz CT molecular complexity index is 1000. The molecule has 0 aliphatic heterocycles. The van der Waals surface area contributed by atoms with E-state index in [0.29, 0.717) is 18.6 Å². The summed E-state index contributed by atoms with van der Waals surface area (Å²) in [7, 11) is 1.77. The van der Waals surface area contributed by atoms with Crippen molar-refractivity contribution in [2.45, 2.75) is 13.5 Å². The summed E-state index contributed by atoms with van der Waals surface area (Å²) in [6, 6.07) is 12.1. The molecule has 4 aromatic rings. The average Bonchev–Trinajstić information content (AvgIpc) is 3.16. The maximum atomic E-state index is 5.95. The monoisotopic (exact) mass is 321 g/mol. The summed E-state index contributed by atoms with van der Waals surface area (Å²) in [5.74, 6) is 0.538. The van der Waals surface area contributed by atoms with E-state index in [2.05, 4.69) is 25.5 Å². The number of ether oxygens (including phenoxy) is 1. The first kappa shape index (κ1) is 14.3. The number of nitrogens with zero attached hydrogens (tertiary/aromatic N) is 7. The number of aromatic nitrogens is 7. The molecule has 0 aliphatic carbocycles. The highest BCUT2D eigenvalue weighted by atomic mass is 16.5. The number of fused-ring (bicyclic) bond motifs is 1. The van der Waals surface area contributed by atoms with E-state index in [1.54, 1.807) is 22.5 Å². The van der Waals surface area contributed by atoms with E-state index < -0.39 is 0 Å². The van der Waals surface area contributed by atoms with Crippen LogP contribution in [0, 0.1) is 6.92 Å². The molecule has 0 amide bonds. The Hall–Kier alpha value is -3.29. The van der Waals surface area contributed by atoms with Crippen LogP contribution >= 0.6 is 0 Å². The molecule has 0 saturated heterocycles. The van der Waals surface area contributed by atoms with Gasteiger partial charge >= 0.3 is 6.01 Å². The number of tetrazole rings is 1. The molecule has 0 fully saturated rings. The van der Waals surface area contributed by atoms with Gasteiger partial charge in [0.05, 0.1) is 16.7 Å². The molecule has 0 spiro atoms. The molecule has 3 heterocycles. The molecule has 0 unspecified atom stereocenters. The smallest absolute Gasteiger partial charge is 0.305 e. The van der Waals surface area contributed by atoms with Crippen LogP contribution in [-0.4, -0.2) is 34.7 Å². The largest absolute Gasteiger partial charge is 0.458 e. The first-order chi connectivity index (χ1) is 11.7. The van der Waals surface area contributed by atoms with Gasteiger partial charge in [-0.05, 0) is 41.1 Å². The normalized spacial score (nSPS) is 11.1. The molecule has 0 radical (unpaired) electrons. The number of pyridine rings is 1. The Morgan fingerprint density at radius 1 is 1.12 bits per heavy atom. The van der Waals surface area contributed by atoms with Crippen LogP contribution in [0.25, 0.3) is 17.0 Å². The second-order valence-electron chi connectivity index (χ2n) is 5.38. The van der Waals surface area contributed by atoms with Crippen LogP contribution in [0.15, 0.2) is 42.6 Å². The number of imidazole rings is 1. The lowest BCUT2D eigenvalue weighted by atomic mass is 10.2. The number of hydrogen-bond donors (Lipinski definition) is 0. The molecule has 0 saturated carbocycles. The second kappa shape index (κ2) is 5.73. The summed E-state index contributed by atoms with van der Waals surface area (Å²) in [6.07, 6.45) is 1.75. The Morgan fingerprint density at radius 3 is 2.79 bits per heavy atom. The third-order valence-corrected chi connectivity index (χ3v) is 3.78. The quantitative estimate of drug-likeness (QED) is 0.570. The molecule has 0 aliphatic rings. The Labute approximate surface area is 137 Å². The van der Waals surface area contributed by atoms with Gasteiger partial charge in [-0.25, -0.2) is 9.25 Å². The highest BCUT2D eigenvalue weighted by Gasteiger charge is 2.18. The average molecular weight is 321 g/mol. The summed E-state index contributed by atoms with van der Waals surface area (Å²) < 4.78 is 9.32. The van der Waals surface area contributed by atoms with E-state index in [4.69, 9.17) is 4.74 Å². The minimum absolute atomic E-state index is 0.321. The van der Waals surface area contributed by atoms with Crippen LogP contribution < -0.4 is 4.74 Å². The van der Waals surface area contributed by atoms with Gasteiger partial charge in [0.1, 0.15) is 6.61 Å². The van der Waals surface area contributed by atoms with Gasteiger partial charge in [0.2, 0.25) is 0 Å². The molecule has 8 nitrogen and oxygen atoms in total. The van der Waals surface area contributed by atoms with Crippen molar-refractivity contribution in [1.29, 1.82) is 0 Å². The molecule has 1 aromatic carbocycles. The van der Waals surface area contributed by atoms with Gasteiger partial charge in [-0.2, -0.15) is 4.98 Å². The number of para-hydroxylation sites is 2. The van der Waals surface area contributed by atoms with Crippen molar-refractivity contribution in [3.05, 3.63) is 53.9 Å². The highest BCUT2D eigenvalue weighted by molar-refractivity contribution is 5.78. The summed E-state index contributed by atoms with van der Waals surface area (Å²) in [6.45, 7) is 2.32. The van der Waals surface area contributed by atoms with Crippen LogP contribution in [-0.2, 0) is 13.7 Å². The molecular formula is C16H15N7O. The van der Waals surface area contributed by atoms with Crippen LogP contribution in [0.5, 0.6) is 6.01 Å². The molecule has 120 valence electrons. The van der Waals surface area contributed by atoms with Crippen LogP contribution in [0.3, 0.4) is 0 Å². The third-order valence-electron chi connectivity index (χ3n) is 3.78. The zero-order valence-corrected chi connectivity index (χ0v) is 13.3. The second-order valence-corrected chi connectivity index (χ2v) is 5.38. The summed E-state index contributed by atoms with van der Waals surface area (Å²) >= 11 is 0. The predicted molar refractivity (Wildman–Crippen MR) is 86.7 cm³/mol. The van der Waals surface area contributed by atoms with Crippen LogP contribution in [0.2, 0.25) is 0 Å². The number of hydrogen-bond acceptors (Lipinski definition) is 6. The van der Waals surface area contributed by atoms with Gasteiger partial charge in [-0.3, -0.25) is 4.98 Å². The van der Waals surface area contributed by atoms with E-state index in [1.807, 2.05) is 43.3 Å². The van der Waals surface area contributed by atoms with Crippen molar-refractivity contribution in [2.24, 2.45) is 7.05 Å². The first-order valence-electron chi connectivity index (χ1n) is 7.47. The van der Waals surface area contributed by atoms with Gasteiger partial charge in [-0.1, -0.05) is 23.3 Å². The highest BCUT2D eigenvalue weighted by Crippen LogP contribution is 2.25. The van der Waals surface area contributed by atoms with Crippen LogP contribution in [0.4, 0.5) is 0 Å². The first-order valence-corrected chi connectivity index (χ1v) is 7.47. The summed E-state index contributed by atoms with van der Waals surface area (Å²) in [5.41, 5.74) is 3.63. The number of aryl methyl sites for hydroxylation is 2. The number of rotatable bonds is 4. The zero-order chi connectivity index (χ0) is 16.5. The zero-order valence-electron chi connectivity index (χ0n) is 13.3. The van der Waals surface area contributed by atoms with Gasteiger partial charge in [0.15, 0.2) is 0 Å². The standard InChI is InChI=1S/C16H15N7O/c1-11-6-5-9-17-13(11)10-24-16-18-12-7-3-4-8-14(12)23(16)15-19-20-21-22(15)2/h3-9H,10H2,1-2H3. The van der Waals surface area contributed by atoms with Gasteiger partial charge < -0.3 is 4.74 Å². The summed E-state index contributed by atoms with van der Waals surface area (Å²) in [5, 5.41) is 11.7. The van der Waals surface area contributed by atoms with Gasteiger partial charge in [0.25, 0.3) is 5.95 Å². The lowest BCUT2D eigenvalue weighted by Gasteiger charge is -2.09. The van der Waals surface area contributed by atoms with E-state index in [9.17, 15) is 0 Å². The lowest BCUT2D eigenvalue weighted by Crippen LogP contribution is -2.09. The fourth-order valence-corrected chi connectivity index (χ4v) is 2.51. The fraction of sp³-hybridized carbons (Fsp3) is 0.188. The molecular weight excluding hydrogens is 306 g/mol. The predicted octanol–water partition coefficient (Wildman–Crippen LogP) is 1.83. The Morgan fingerprint density at radius 2 is 2.00 bits per heavy atom. The van der Waals surface area contributed by atoms with Crippen molar-refractivity contribution >= 4 is 11.0 Å². The fourth-order valence-electron chi connectivity index (χ4n) is 2.51. The topological polar surface area (TPSA) is 83.5 Å². The van der Waals surface area contributed by atoms with Crippen molar-refractivity contribution in [3.8, 4) is 12.0 Å².